The van der Waals surface area contributed by atoms with E-state index in [4.69, 9.17) is 5.73 Å². The summed E-state index contributed by atoms with van der Waals surface area (Å²) in [5.41, 5.74) is 6.78. The van der Waals surface area contributed by atoms with Crippen LogP contribution in [0.2, 0.25) is 0 Å². The van der Waals surface area contributed by atoms with Crippen molar-refractivity contribution in [3.63, 3.8) is 0 Å². The highest BCUT2D eigenvalue weighted by molar-refractivity contribution is 5.22. The highest BCUT2D eigenvalue weighted by atomic mass is 19.1. The summed E-state index contributed by atoms with van der Waals surface area (Å²) in [6.45, 7) is 5.60. The minimum absolute atomic E-state index is 0.0171. The Kier molecular flexibility index (Phi) is 4.78. The lowest BCUT2D eigenvalue weighted by molar-refractivity contribution is -0.0202. The van der Waals surface area contributed by atoms with Gasteiger partial charge in [-0.05, 0) is 43.9 Å². The van der Waals surface area contributed by atoms with E-state index >= 15 is 0 Å². The van der Waals surface area contributed by atoms with Crippen LogP contribution in [0.4, 0.5) is 4.39 Å². The third kappa shape index (κ3) is 3.57. The van der Waals surface area contributed by atoms with Crippen LogP contribution in [0.15, 0.2) is 24.3 Å². The van der Waals surface area contributed by atoms with E-state index in [0.717, 1.165) is 37.9 Å². The first kappa shape index (κ1) is 15.4. The maximum atomic E-state index is 13.1. The lowest BCUT2D eigenvalue weighted by atomic mass is 9.89. The van der Waals surface area contributed by atoms with E-state index in [9.17, 15) is 9.50 Å². The quantitative estimate of drug-likeness (QED) is 0.890. The highest BCUT2D eigenvalue weighted by Crippen LogP contribution is 2.31. The molecule has 0 bridgehead atoms. The van der Waals surface area contributed by atoms with E-state index in [1.807, 2.05) is 19.1 Å². The van der Waals surface area contributed by atoms with Crippen molar-refractivity contribution in [1.29, 1.82) is 0 Å². The molecule has 1 aliphatic heterocycles. The second kappa shape index (κ2) is 6.20. The van der Waals surface area contributed by atoms with Crippen LogP contribution in [-0.4, -0.2) is 34.7 Å². The van der Waals surface area contributed by atoms with Gasteiger partial charge in [0.25, 0.3) is 0 Å². The van der Waals surface area contributed by atoms with Gasteiger partial charge in [-0.15, -0.1) is 0 Å². The van der Waals surface area contributed by atoms with Crippen LogP contribution in [0.1, 0.15) is 44.7 Å². The summed E-state index contributed by atoms with van der Waals surface area (Å²) in [5.74, 6) is -0.223. The Labute approximate surface area is 120 Å². The van der Waals surface area contributed by atoms with Crippen molar-refractivity contribution in [2.75, 3.05) is 13.1 Å². The molecule has 1 aromatic carbocycles. The predicted molar refractivity (Wildman–Crippen MR) is 78.8 cm³/mol. The maximum Gasteiger partial charge on any atom is 0.123 e. The molecular weight excluding hydrogens is 255 g/mol. The molecule has 0 radical (unpaired) electrons. The Balaban J connectivity index is 2.18. The molecule has 2 atom stereocenters. The monoisotopic (exact) mass is 280 g/mol. The second-order valence-corrected chi connectivity index (χ2v) is 6.10. The summed E-state index contributed by atoms with van der Waals surface area (Å²) in [6, 6.07) is 6.74. The fraction of sp³-hybridized carbons (Fsp3) is 0.625. The Hall–Kier alpha value is -0.970. The number of nitrogens with zero attached hydrogens (tertiary/aromatic N) is 1. The average molecular weight is 280 g/mol. The molecule has 0 aromatic heterocycles. The molecule has 3 N–H and O–H groups in total. The van der Waals surface area contributed by atoms with Gasteiger partial charge >= 0.3 is 0 Å². The first-order chi connectivity index (χ1) is 9.43. The van der Waals surface area contributed by atoms with E-state index in [0.29, 0.717) is 0 Å². The van der Waals surface area contributed by atoms with E-state index in [1.165, 1.54) is 12.1 Å². The van der Waals surface area contributed by atoms with Gasteiger partial charge in [0.15, 0.2) is 0 Å². The Morgan fingerprint density at radius 2 is 1.85 bits per heavy atom. The topological polar surface area (TPSA) is 49.5 Å². The van der Waals surface area contributed by atoms with Gasteiger partial charge in [0.05, 0.1) is 5.60 Å². The van der Waals surface area contributed by atoms with Crippen LogP contribution in [-0.2, 0) is 0 Å². The summed E-state index contributed by atoms with van der Waals surface area (Å²) in [7, 11) is 0. The normalized spacial score (nSPS) is 22.4. The molecular formula is C16H25FN2O. The summed E-state index contributed by atoms with van der Waals surface area (Å²) in [6.07, 6.45) is 2.37. The standard InChI is InChI=1S/C16H25FN2O/c1-3-14(18)15(12-4-6-13(17)7-5-12)19-10-8-16(2,20)9-11-19/h4-7,14-15,20H,3,8-11,18H2,1-2H3. The van der Waals surface area contributed by atoms with Crippen molar-refractivity contribution in [2.45, 2.75) is 50.8 Å². The highest BCUT2D eigenvalue weighted by Gasteiger charge is 2.33. The van der Waals surface area contributed by atoms with E-state index < -0.39 is 5.60 Å². The molecule has 1 heterocycles. The molecule has 3 nitrogen and oxygen atoms in total. The number of rotatable bonds is 4. The summed E-state index contributed by atoms with van der Waals surface area (Å²) in [4.78, 5) is 2.32. The van der Waals surface area contributed by atoms with Gasteiger partial charge < -0.3 is 10.8 Å². The SMILES string of the molecule is CCC(N)C(c1ccc(F)cc1)N1CCC(C)(O)CC1. The molecule has 4 heteroatoms. The number of piperidine rings is 1. The fourth-order valence-corrected chi connectivity index (χ4v) is 2.90. The minimum atomic E-state index is -0.569. The largest absolute Gasteiger partial charge is 0.390 e. The summed E-state index contributed by atoms with van der Waals surface area (Å²) in [5, 5.41) is 10.1. The van der Waals surface area contributed by atoms with Crippen LogP contribution in [0, 0.1) is 5.82 Å². The number of nitrogens with two attached hydrogens (primary N) is 1. The lowest BCUT2D eigenvalue weighted by Crippen LogP contribution is -2.48. The van der Waals surface area contributed by atoms with Crippen LogP contribution >= 0.6 is 0 Å². The van der Waals surface area contributed by atoms with Crippen molar-refractivity contribution >= 4 is 0 Å². The smallest absolute Gasteiger partial charge is 0.123 e. The van der Waals surface area contributed by atoms with Crippen molar-refractivity contribution < 1.29 is 9.50 Å². The van der Waals surface area contributed by atoms with Crippen molar-refractivity contribution in [2.24, 2.45) is 5.73 Å². The zero-order valence-corrected chi connectivity index (χ0v) is 12.3. The predicted octanol–water partition coefficient (Wildman–Crippen LogP) is 2.45. The maximum absolute atomic E-state index is 13.1. The second-order valence-electron chi connectivity index (χ2n) is 6.10. The number of aliphatic hydroxyl groups is 1. The Morgan fingerprint density at radius 3 is 2.35 bits per heavy atom. The van der Waals surface area contributed by atoms with E-state index in [2.05, 4.69) is 11.8 Å². The fourth-order valence-electron chi connectivity index (χ4n) is 2.90. The van der Waals surface area contributed by atoms with Gasteiger partial charge in [-0.2, -0.15) is 0 Å². The third-order valence-electron chi connectivity index (χ3n) is 4.36. The number of halogens is 1. The molecule has 1 aliphatic rings. The molecule has 0 amide bonds. The molecule has 2 unspecified atom stereocenters. The van der Waals surface area contributed by atoms with Crippen molar-refractivity contribution in [3.05, 3.63) is 35.6 Å². The van der Waals surface area contributed by atoms with Crippen molar-refractivity contribution in [1.82, 2.24) is 4.90 Å². The zero-order chi connectivity index (χ0) is 14.8. The van der Waals surface area contributed by atoms with Crippen molar-refractivity contribution in [3.8, 4) is 0 Å². The Morgan fingerprint density at radius 1 is 1.30 bits per heavy atom. The number of likely N-dealkylation sites (tertiary alicyclic amines) is 1. The molecule has 20 heavy (non-hydrogen) atoms. The third-order valence-corrected chi connectivity index (χ3v) is 4.36. The van der Waals surface area contributed by atoms with Crippen LogP contribution in [0.5, 0.6) is 0 Å². The molecule has 1 saturated heterocycles. The van der Waals surface area contributed by atoms with Crippen LogP contribution < -0.4 is 5.73 Å². The molecule has 1 aromatic rings. The van der Waals surface area contributed by atoms with Gasteiger partial charge in [0, 0.05) is 25.2 Å². The zero-order valence-electron chi connectivity index (χ0n) is 12.3. The van der Waals surface area contributed by atoms with E-state index in [1.54, 1.807) is 0 Å². The summed E-state index contributed by atoms with van der Waals surface area (Å²) < 4.78 is 13.1. The van der Waals surface area contributed by atoms with Crippen LogP contribution in [0.3, 0.4) is 0 Å². The molecule has 2 rings (SSSR count). The average Bonchev–Trinajstić information content (AvgIpc) is 2.42. The molecule has 112 valence electrons. The van der Waals surface area contributed by atoms with E-state index in [-0.39, 0.29) is 17.9 Å². The number of hydrogen-bond donors (Lipinski definition) is 2. The minimum Gasteiger partial charge on any atom is -0.390 e. The van der Waals surface area contributed by atoms with Gasteiger partial charge in [0.1, 0.15) is 5.82 Å². The number of hydrogen-bond acceptors (Lipinski definition) is 3. The molecule has 0 aliphatic carbocycles. The Bertz CT molecular complexity index is 423. The van der Waals surface area contributed by atoms with Gasteiger partial charge in [-0.3, -0.25) is 4.90 Å². The first-order valence-corrected chi connectivity index (χ1v) is 7.40. The molecule has 0 spiro atoms. The molecule has 1 fully saturated rings. The first-order valence-electron chi connectivity index (χ1n) is 7.40. The van der Waals surface area contributed by atoms with Gasteiger partial charge in [0.2, 0.25) is 0 Å². The molecule has 0 saturated carbocycles. The van der Waals surface area contributed by atoms with Gasteiger partial charge in [-0.25, -0.2) is 4.39 Å². The van der Waals surface area contributed by atoms with Gasteiger partial charge in [-0.1, -0.05) is 19.1 Å². The number of benzene rings is 1. The summed E-state index contributed by atoms with van der Waals surface area (Å²) >= 11 is 0. The van der Waals surface area contributed by atoms with Crippen LogP contribution in [0.25, 0.3) is 0 Å². The lowest BCUT2D eigenvalue weighted by Gasteiger charge is -2.42.